The first kappa shape index (κ1) is 25.4. The van der Waals surface area contributed by atoms with Crippen molar-refractivity contribution in [1.82, 2.24) is 0 Å². The van der Waals surface area contributed by atoms with Crippen molar-refractivity contribution in [2.24, 2.45) is 0 Å². The van der Waals surface area contributed by atoms with Gasteiger partial charge in [0.1, 0.15) is 35.4 Å². The van der Waals surface area contributed by atoms with E-state index in [0.717, 1.165) is 80.6 Å². The highest BCUT2D eigenvalue weighted by Gasteiger charge is 2.09. The molecule has 0 unspecified atom stereocenters. The summed E-state index contributed by atoms with van der Waals surface area (Å²) in [6.07, 6.45) is 10.7. The molecule has 0 radical (unpaired) electrons. The number of thiophene rings is 2. The van der Waals surface area contributed by atoms with E-state index in [1.807, 2.05) is 24.3 Å². The molecule has 2 rings (SSSR count). The molecule has 0 bridgehead atoms. The molecule has 0 fully saturated rings. The predicted octanol–water partition coefficient (Wildman–Crippen LogP) is 5.74. The molecule has 164 valence electrons. The Balaban J connectivity index is 2.69. The van der Waals surface area contributed by atoms with Gasteiger partial charge in [0.25, 0.3) is 0 Å². The Bertz CT molecular complexity index is 1170. The number of rotatable bonds is 10. The van der Waals surface area contributed by atoms with Crippen molar-refractivity contribution in [2.75, 3.05) is 0 Å². The molecule has 2 aromatic heterocycles. The Morgan fingerprint density at radius 1 is 0.625 bits per heavy atom. The zero-order valence-electron chi connectivity index (χ0n) is 18.8. The minimum atomic E-state index is 0.157. The van der Waals surface area contributed by atoms with Crippen LogP contribution in [0.2, 0.25) is 0 Å². The van der Waals surface area contributed by atoms with Crippen LogP contribution in [0.25, 0.3) is 11.1 Å². The zero-order valence-corrected chi connectivity index (χ0v) is 20.5. The van der Waals surface area contributed by atoms with Gasteiger partial charge in [-0.2, -0.15) is 21.0 Å². The van der Waals surface area contributed by atoms with Crippen molar-refractivity contribution in [1.29, 1.82) is 21.0 Å². The molecule has 6 heteroatoms. The Morgan fingerprint density at radius 2 is 1.00 bits per heavy atom. The van der Waals surface area contributed by atoms with Crippen LogP contribution in [-0.2, 0) is 12.8 Å². The van der Waals surface area contributed by atoms with Crippen LogP contribution in [0.1, 0.15) is 76.3 Å². The molecule has 0 saturated heterocycles. The Kier molecular flexibility index (Phi) is 10.7. The molecule has 0 aliphatic rings. The van der Waals surface area contributed by atoms with Crippen LogP contribution in [0, 0.1) is 54.4 Å². The minimum Gasteiger partial charge on any atom is -0.192 e. The van der Waals surface area contributed by atoms with Gasteiger partial charge in [0.2, 0.25) is 0 Å². The number of hydrogen-bond donors (Lipinski definition) is 0. The van der Waals surface area contributed by atoms with Crippen LogP contribution in [0.4, 0.5) is 0 Å². The Morgan fingerprint density at radius 3 is 1.31 bits per heavy atom. The first-order valence-electron chi connectivity index (χ1n) is 11.2. The number of aryl methyl sites for hydroxylation is 2. The maximum Gasteiger partial charge on any atom is 0.147 e. The summed E-state index contributed by atoms with van der Waals surface area (Å²) in [6, 6.07) is 12.4. The van der Waals surface area contributed by atoms with Crippen molar-refractivity contribution < 1.29 is 0 Å². The number of nitrogens with zero attached hydrogens (tertiary/aromatic N) is 4. The molecule has 0 amide bonds. The van der Waals surface area contributed by atoms with E-state index in [0.29, 0.717) is 0 Å². The Hall–Kier alpha value is -2.90. The standard InChI is InChI=1S/C26H28N4S2/c1-3-5-7-9-11-19-13-23(31-25(19)21(15-27)16-28)24-14-20(12-10-8-6-4-2)26(32-24)22(17-29)18-30/h13-14H,3-12H2,1-2H3/b24-23-. The van der Waals surface area contributed by atoms with E-state index in [-0.39, 0.29) is 11.1 Å². The monoisotopic (exact) mass is 460 g/mol. The van der Waals surface area contributed by atoms with Crippen LogP contribution in [0.5, 0.6) is 0 Å². The lowest BCUT2D eigenvalue weighted by Crippen LogP contribution is -2.05. The highest BCUT2D eigenvalue weighted by molar-refractivity contribution is 7.11. The summed E-state index contributed by atoms with van der Waals surface area (Å²) >= 11 is 2.94. The van der Waals surface area contributed by atoms with Crippen molar-refractivity contribution in [3.63, 3.8) is 0 Å². The topological polar surface area (TPSA) is 95.2 Å². The maximum atomic E-state index is 9.44. The second-order valence-corrected chi connectivity index (χ2v) is 9.85. The second kappa shape index (κ2) is 13.5. The van der Waals surface area contributed by atoms with Crippen LogP contribution >= 0.6 is 22.7 Å². The van der Waals surface area contributed by atoms with Gasteiger partial charge in [-0.3, -0.25) is 0 Å². The summed E-state index contributed by atoms with van der Waals surface area (Å²) in [5, 5.41) is 37.8. The fraction of sp³-hybridized carbons (Fsp3) is 0.462. The molecule has 32 heavy (non-hydrogen) atoms. The van der Waals surface area contributed by atoms with E-state index < -0.39 is 0 Å². The molecule has 0 spiro atoms. The van der Waals surface area contributed by atoms with Crippen LogP contribution in [-0.4, -0.2) is 0 Å². The molecule has 0 aliphatic heterocycles. The minimum absolute atomic E-state index is 0.157. The van der Waals surface area contributed by atoms with Crippen molar-refractivity contribution >= 4 is 33.8 Å². The van der Waals surface area contributed by atoms with E-state index in [4.69, 9.17) is 0 Å². The number of unbranched alkanes of at least 4 members (excludes halogenated alkanes) is 6. The normalized spacial score (nSPS) is 11.2. The first-order chi connectivity index (χ1) is 15.6. The lowest BCUT2D eigenvalue weighted by molar-refractivity contribution is 0.666. The molecule has 0 saturated carbocycles. The fourth-order valence-electron chi connectivity index (χ4n) is 3.63. The molecule has 0 aliphatic carbocycles. The molecule has 2 aromatic rings. The molecule has 0 N–H and O–H groups in total. The van der Waals surface area contributed by atoms with Crippen LogP contribution in [0.15, 0.2) is 12.1 Å². The van der Waals surface area contributed by atoms with Gasteiger partial charge in [0.15, 0.2) is 0 Å². The van der Waals surface area contributed by atoms with Crippen molar-refractivity contribution in [3.05, 3.63) is 41.4 Å². The zero-order chi connectivity index (χ0) is 23.3. The molecule has 0 aromatic carbocycles. The highest BCUT2D eigenvalue weighted by atomic mass is 32.1. The van der Waals surface area contributed by atoms with Gasteiger partial charge in [-0.05, 0) is 48.9 Å². The SMILES string of the molecule is CCCCCCc1c/c(=c2\cc(CCCCCC)c(=C(C#N)C#N)s2)sc1=C(C#N)C#N. The van der Waals surface area contributed by atoms with Gasteiger partial charge < -0.3 is 0 Å². The quantitative estimate of drug-likeness (QED) is 0.422. The average Bonchev–Trinajstić information content (AvgIpc) is 3.41. The predicted molar refractivity (Wildman–Crippen MR) is 131 cm³/mol. The van der Waals surface area contributed by atoms with Gasteiger partial charge in [0, 0.05) is 9.06 Å². The average molecular weight is 461 g/mol. The lowest BCUT2D eigenvalue weighted by atomic mass is 10.1. The second-order valence-electron chi connectivity index (χ2n) is 7.75. The summed E-state index contributed by atoms with van der Waals surface area (Å²) < 4.78 is 3.50. The van der Waals surface area contributed by atoms with Gasteiger partial charge >= 0.3 is 0 Å². The molecule has 2 heterocycles. The van der Waals surface area contributed by atoms with Crippen molar-refractivity contribution in [3.8, 4) is 24.3 Å². The number of hydrogen-bond acceptors (Lipinski definition) is 6. The van der Waals surface area contributed by atoms with Gasteiger partial charge in [-0.15, -0.1) is 22.7 Å². The molecular formula is C26H28N4S2. The summed E-state index contributed by atoms with van der Waals surface area (Å²) in [5.74, 6) is 0. The number of nitriles is 4. The molecular weight excluding hydrogens is 432 g/mol. The highest BCUT2D eigenvalue weighted by Crippen LogP contribution is 2.16. The van der Waals surface area contributed by atoms with Gasteiger partial charge in [0.05, 0.1) is 9.06 Å². The summed E-state index contributed by atoms with van der Waals surface area (Å²) in [4.78, 5) is 0. The van der Waals surface area contributed by atoms with E-state index in [1.54, 1.807) is 0 Å². The van der Waals surface area contributed by atoms with Gasteiger partial charge in [-0.1, -0.05) is 52.4 Å². The van der Waals surface area contributed by atoms with E-state index in [1.165, 1.54) is 35.5 Å². The fourth-order valence-corrected chi connectivity index (χ4v) is 6.01. The molecule has 4 nitrogen and oxygen atoms in total. The van der Waals surface area contributed by atoms with Gasteiger partial charge in [-0.25, -0.2) is 0 Å². The third kappa shape index (κ3) is 6.55. The largest absolute Gasteiger partial charge is 0.192 e. The van der Waals surface area contributed by atoms with E-state index >= 15 is 0 Å². The van der Waals surface area contributed by atoms with Crippen molar-refractivity contribution in [2.45, 2.75) is 78.1 Å². The molecule has 0 atom stereocenters. The summed E-state index contributed by atoms with van der Waals surface area (Å²) in [7, 11) is 0. The lowest BCUT2D eigenvalue weighted by Gasteiger charge is -1.98. The third-order valence-electron chi connectivity index (χ3n) is 5.36. The third-order valence-corrected chi connectivity index (χ3v) is 7.95. The smallest absolute Gasteiger partial charge is 0.147 e. The van der Waals surface area contributed by atoms with Crippen LogP contribution in [0.3, 0.4) is 0 Å². The summed E-state index contributed by atoms with van der Waals surface area (Å²) in [6.45, 7) is 4.35. The van der Waals surface area contributed by atoms with E-state index in [9.17, 15) is 21.0 Å². The van der Waals surface area contributed by atoms with Crippen LogP contribution < -0.4 is 9.06 Å². The summed E-state index contributed by atoms with van der Waals surface area (Å²) in [5.41, 5.74) is 2.40. The Labute approximate surface area is 198 Å². The first-order valence-corrected chi connectivity index (χ1v) is 12.9. The maximum absolute atomic E-state index is 9.44. The van der Waals surface area contributed by atoms with E-state index in [2.05, 4.69) is 26.0 Å².